The van der Waals surface area contributed by atoms with Gasteiger partial charge in [-0.05, 0) is 26.2 Å². The SMILES string of the molecule is CCC(C)(CNC(=O)N1CCOC2CCCCC21)C(=O)O. The third kappa shape index (κ3) is 3.48. The molecule has 1 saturated carbocycles. The van der Waals surface area contributed by atoms with Crippen LogP contribution in [0.1, 0.15) is 46.0 Å². The van der Waals surface area contributed by atoms with Gasteiger partial charge in [0.15, 0.2) is 0 Å². The van der Waals surface area contributed by atoms with Gasteiger partial charge >= 0.3 is 12.0 Å². The zero-order valence-corrected chi connectivity index (χ0v) is 12.9. The lowest BCUT2D eigenvalue weighted by molar-refractivity contribution is -0.147. The van der Waals surface area contributed by atoms with E-state index in [1.807, 2.05) is 11.8 Å². The van der Waals surface area contributed by atoms with Gasteiger partial charge in [-0.15, -0.1) is 0 Å². The summed E-state index contributed by atoms with van der Waals surface area (Å²) in [5.74, 6) is -0.872. The zero-order chi connectivity index (χ0) is 15.5. The van der Waals surface area contributed by atoms with E-state index in [9.17, 15) is 14.7 Å². The Bertz CT molecular complexity index is 399. The molecular formula is C15H26N2O4. The fraction of sp³-hybridized carbons (Fsp3) is 0.867. The van der Waals surface area contributed by atoms with Crippen molar-refractivity contribution >= 4 is 12.0 Å². The van der Waals surface area contributed by atoms with Crippen LogP contribution in [-0.4, -0.2) is 53.8 Å². The Balaban J connectivity index is 1.94. The number of hydrogen-bond acceptors (Lipinski definition) is 3. The van der Waals surface area contributed by atoms with Gasteiger partial charge in [-0.1, -0.05) is 19.8 Å². The van der Waals surface area contributed by atoms with Crippen LogP contribution in [0, 0.1) is 5.41 Å². The first-order valence-corrected chi connectivity index (χ1v) is 7.87. The molecule has 6 nitrogen and oxygen atoms in total. The number of hydrogen-bond donors (Lipinski definition) is 2. The summed E-state index contributed by atoms with van der Waals surface area (Å²) < 4.78 is 5.75. The highest BCUT2D eigenvalue weighted by Gasteiger charge is 2.38. The van der Waals surface area contributed by atoms with Gasteiger partial charge in [0, 0.05) is 13.1 Å². The molecule has 1 heterocycles. The molecule has 0 aromatic rings. The lowest BCUT2D eigenvalue weighted by Gasteiger charge is -2.43. The van der Waals surface area contributed by atoms with Crippen LogP contribution >= 0.6 is 0 Å². The molecule has 1 aliphatic carbocycles. The van der Waals surface area contributed by atoms with Crippen molar-refractivity contribution in [2.45, 2.75) is 58.1 Å². The molecular weight excluding hydrogens is 272 g/mol. The van der Waals surface area contributed by atoms with Crippen molar-refractivity contribution in [3.05, 3.63) is 0 Å². The fourth-order valence-corrected chi connectivity index (χ4v) is 3.07. The number of ether oxygens (including phenoxy) is 1. The molecule has 0 bridgehead atoms. The Morgan fingerprint density at radius 3 is 2.76 bits per heavy atom. The molecule has 0 aromatic carbocycles. The maximum Gasteiger partial charge on any atom is 0.317 e. The van der Waals surface area contributed by atoms with Gasteiger partial charge in [-0.2, -0.15) is 0 Å². The second kappa shape index (κ2) is 6.64. The molecule has 2 N–H and O–H groups in total. The van der Waals surface area contributed by atoms with Crippen molar-refractivity contribution in [2.75, 3.05) is 19.7 Å². The minimum Gasteiger partial charge on any atom is -0.481 e. The maximum absolute atomic E-state index is 12.4. The van der Waals surface area contributed by atoms with Gasteiger partial charge in [-0.3, -0.25) is 4.79 Å². The van der Waals surface area contributed by atoms with Gasteiger partial charge in [0.2, 0.25) is 0 Å². The van der Waals surface area contributed by atoms with Gasteiger partial charge in [-0.25, -0.2) is 4.79 Å². The second-order valence-electron chi connectivity index (χ2n) is 6.33. The molecule has 3 atom stereocenters. The van der Waals surface area contributed by atoms with E-state index in [-0.39, 0.29) is 24.7 Å². The van der Waals surface area contributed by atoms with E-state index < -0.39 is 11.4 Å². The second-order valence-corrected chi connectivity index (χ2v) is 6.33. The predicted octanol–water partition coefficient (Wildman–Crippen LogP) is 1.84. The van der Waals surface area contributed by atoms with Gasteiger partial charge in [0.1, 0.15) is 0 Å². The van der Waals surface area contributed by atoms with Crippen LogP contribution in [0.4, 0.5) is 4.79 Å². The van der Waals surface area contributed by atoms with Crippen molar-refractivity contribution in [3.63, 3.8) is 0 Å². The van der Waals surface area contributed by atoms with Crippen LogP contribution in [0.25, 0.3) is 0 Å². The van der Waals surface area contributed by atoms with Crippen molar-refractivity contribution in [1.82, 2.24) is 10.2 Å². The van der Waals surface area contributed by atoms with Crippen LogP contribution < -0.4 is 5.32 Å². The number of morpholine rings is 1. The summed E-state index contributed by atoms with van der Waals surface area (Å²) in [6.45, 7) is 4.80. The van der Waals surface area contributed by atoms with Crippen LogP contribution in [-0.2, 0) is 9.53 Å². The largest absolute Gasteiger partial charge is 0.481 e. The molecule has 120 valence electrons. The van der Waals surface area contributed by atoms with E-state index >= 15 is 0 Å². The zero-order valence-electron chi connectivity index (χ0n) is 12.9. The Morgan fingerprint density at radius 1 is 1.38 bits per heavy atom. The molecule has 3 unspecified atom stereocenters. The van der Waals surface area contributed by atoms with Crippen molar-refractivity contribution in [1.29, 1.82) is 0 Å². The van der Waals surface area contributed by atoms with Crippen LogP contribution in [0.5, 0.6) is 0 Å². The Hall–Kier alpha value is -1.30. The van der Waals surface area contributed by atoms with Crippen molar-refractivity contribution in [2.24, 2.45) is 5.41 Å². The summed E-state index contributed by atoms with van der Waals surface area (Å²) in [6.07, 6.45) is 4.89. The highest BCUT2D eigenvalue weighted by Crippen LogP contribution is 2.28. The number of carbonyl (C=O) groups is 2. The number of aliphatic carboxylic acids is 1. The summed E-state index contributed by atoms with van der Waals surface area (Å²) >= 11 is 0. The average molecular weight is 298 g/mol. The molecule has 21 heavy (non-hydrogen) atoms. The topological polar surface area (TPSA) is 78.9 Å². The molecule has 6 heteroatoms. The molecule has 0 aromatic heterocycles. The molecule has 2 aliphatic rings. The number of carboxylic acid groups (broad SMARTS) is 1. The summed E-state index contributed by atoms with van der Waals surface area (Å²) in [4.78, 5) is 25.5. The van der Waals surface area contributed by atoms with Gasteiger partial charge in [0.25, 0.3) is 0 Å². The monoisotopic (exact) mass is 298 g/mol. The summed E-state index contributed by atoms with van der Waals surface area (Å²) in [5, 5.41) is 12.1. The third-order valence-electron chi connectivity index (χ3n) is 4.92. The number of carbonyl (C=O) groups excluding carboxylic acids is 1. The Kier molecular flexibility index (Phi) is 5.08. The van der Waals surface area contributed by atoms with E-state index in [1.165, 1.54) is 0 Å². The minimum absolute atomic E-state index is 0.144. The van der Waals surface area contributed by atoms with E-state index in [4.69, 9.17) is 4.74 Å². The third-order valence-corrected chi connectivity index (χ3v) is 4.92. The molecule has 1 saturated heterocycles. The highest BCUT2D eigenvalue weighted by atomic mass is 16.5. The van der Waals surface area contributed by atoms with Crippen molar-refractivity contribution in [3.8, 4) is 0 Å². The van der Waals surface area contributed by atoms with E-state index in [0.717, 1.165) is 25.7 Å². The Morgan fingerprint density at radius 2 is 2.10 bits per heavy atom. The highest BCUT2D eigenvalue weighted by molar-refractivity contribution is 5.78. The number of fused-ring (bicyclic) bond motifs is 1. The average Bonchev–Trinajstić information content (AvgIpc) is 2.51. The number of amides is 2. The summed E-state index contributed by atoms with van der Waals surface area (Å²) in [7, 11) is 0. The van der Waals surface area contributed by atoms with Crippen molar-refractivity contribution < 1.29 is 19.4 Å². The predicted molar refractivity (Wildman–Crippen MR) is 78.1 cm³/mol. The van der Waals surface area contributed by atoms with Crippen LogP contribution in [0.2, 0.25) is 0 Å². The van der Waals surface area contributed by atoms with Crippen LogP contribution in [0.15, 0.2) is 0 Å². The standard InChI is InChI=1S/C15H26N2O4/c1-3-15(2,13(18)19)10-16-14(20)17-8-9-21-12-7-5-4-6-11(12)17/h11-12H,3-10H2,1-2H3,(H,16,20)(H,18,19). The first-order chi connectivity index (χ1) is 9.98. The smallest absolute Gasteiger partial charge is 0.317 e. The number of rotatable bonds is 4. The number of nitrogens with one attached hydrogen (secondary N) is 1. The summed E-state index contributed by atoms with van der Waals surface area (Å²) in [5.41, 5.74) is -0.909. The number of carboxylic acids is 1. The number of nitrogens with zero attached hydrogens (tertiary/aromatic N) is 1. The van der Waals surface area contributed by atoms with E-state index in [1.54, 1.807) is 6.92 Å². The van der Waals surface area contributed by atoms with Gasteiger partial charge in [0.05, 0.1) is 24.2 Å². The van der Waals surface area contributed by atoms with Crippen LogP contribution in [0.3, 0.4) is 0 Å². The Labute approximate surface area is 125 Å². The minimum atomic E-state index is -0.909. The molecule has 2 fully saturated rings. The van der Waals surface area contributed by atoms with E-state index in [2.05, 4.69) is 5.32 Å². The quantitative estimate of drug-likeness (QED) is 0.830. The normalized spacial score (nSPS) is 28.4. The molecule has 2 amide bonds. The lowest BCUT2D eigenvalue weighted by Crippen LogP contribution is -2.58. The molecule has 2 rings (SSSR count). The molecule has 1 aliphatic heterocycles. The summed E-state index contributed by atoms with van der Waals surface area (Å²) in [6, 6.07) is -0.0127. The first kappa shape index (κ1) is 16.1. The van der Waals surface area contributed by atoms with E-state index in [0.29, 0.717) is 19.6 Å². The fourth-order valence-electron chi connectivity index (χ4n) is 3.07. The molecule has 0 spiro atoms. The van der Waals surface area contributed by atoms with Gasteiger partial charge < -0.3 is 20.1 Å². The lowest BCUT2D eigenvalue weighted by atomic mass is 9.87. The maximum atomic E-state index is 12.4. The number of urea groups is 1. The first-order valence-electron chi connectivity index (χ1n) is 7.87. The molecule has 0 radical (unpaired) electrons.